The van der Waals surface area contributed by atoms with Crippen molar-refractivity contribution < 1.29 is 0 Å². The lowest BCUT2D eigenvalue weighted by atomic mass is 10.1. The maximum Gasteiger partial charge on any atom is 0.270 e. The number of hydrogen-bond acceptors (Lipinski definition) is 1. The number of aryl methyl sites for hydroxylation is 1. The maximum atomic E-state index is 12.3. The third-order valence-corrected chi connectivity index (χ3v) is 4.12. The molecule has 1 unspecified atom stereocenters. The summed E-state index contributed by atoms with van der Waals surface area (Å²) in [5, 5.41) is 4.14. The van der Waals surface area contributed by atoms with Gasteiger partial charge in [0.1, 0.15) is 0 Å². The monoisotopic (exact) mass is 298 g/mol. The summed E-state index contributed by atoms with van der Waals surface area (Å²) in [5.74, 6) is 0. The Hall–Kier alpha value is -1.19. The number of benzene rings is 1. The zero-order valence-electron chi connectivity index (χ0n) is 11.1. The molecule has 0 radical (unpaired) electrons. The smallest absolute Gasteiger partial charge is 0.270 e. The van der Waals surface area contributed by atoms with Crippen molar-refractivity contribution in [3.8, 4) is 0 Å². The Bertz CT molecular complexity index is 658. The SMILES string of the molecule is CCc1c(C)[nH]n(C(C)c2ccc(Cl)c(Cl)c2)c1=O. The van der Waals surface area contributed by atoms with E-state index in [0.29, 0.717) is 10.0 Å². The Morgan fingerprint density at radius 1 is 1.32 bits per heavy atom. The van der Waals surface area contributed by atoms with Crippen LogP contribution in [0.25, 0.3) is 0 Å². The van der Waals surface area contributed by atoms with Crippen LogP contribution in [0.5, 0.6) is 0 Å². The summed E-state index contributed by atoms with van der Waals surface area (Å²) in [6, 6.07) is 5.31. The van der Waals surface area contributed by atoms with Gasteiger partial charge < -0.3 is 0 Å². The standard InChI is InChI=1S/C14H16Cl2N2O/c1-4-11-8(2)17-18(14(11)19)9(3)10-5-6-12(15)13(16)7-10/h5-7,9,17H,4H2,1-3H3. The highest BCUT2D eigenvalue weighted by molar-refractivity contribution is 6.42. The van der Waals surface area contributed by atoms with E-state index in [9.17, 15) is 4.79 Å². The van der Waals surface area contributed by atoms with Crippen molar-refractivity contribution in [1.82, 2.24) is 9.78 Å². The molecule has 2 aromatic rings. The van der Waals surface area contributed by atoms with Crippen molar-refractivity contribution in [2.24, 2.45) is 0 Å². The summed E-state index contributed by atoms with van der Waals surface area (Å²) in [7, 11) is 0. The maximum absolute atomic E-state index is 12.3. The highest BCUT2D eigenvalue weighted by Gasteiger charge is 2.16. The molecule has 0 saturated heterocycles. The van der Waals surface area contributed by atoms with Gasteiger partial charge in [0, 0.05) is 11.3 Å². The Labute approximate surface area is 122 Å². The second-order valence-electron chi connectivity index (χ2n) is 4.59. The molecule has 2 rings (SSSR count). The highest BCUT2D eigenvalue weighted by Crippen LogP contribution is 2.26. The molecule has 0 aliphatic rings. The van der Waals surface area contributed by atoms with Gasteiger partial charge in [0.2, 0.25) is 0 Å². The number of aromatic nitrogens is 2. The van der Waals surface area contributed by atoms with E-state index in [0.717, 1.165) is 23.2 Å². The number of H-pyrrole nitrogens is 1. The van der Waals surface area contributed by atoms with Gasteiger partial charge in [-0.05, 0) is 38.0 Å². The van der Waals surface area contributed by atoms with Gasteiger partial charge in [-0.2, -0.15) is 0 Å². The lowest BCUT2D eigenvalue weighted by Gasteiger charge is -2.13. The van der Waals surface area contributed by atoms with Crippen molar-refractivity contribution in [2.75, 3.05) is 0 Å². The molecule has 19 heavy (non-hydrogen) atoms. The molecular weight excluding hydrogens is 283 g/mol. The average molecular weight is 299 g/mol. The van der Waals surface area contributed by atoms with E-state index in [2.05, 4.69) is 5.10 Å². The van der Waals surface area contributed by atoms with Crippen LogP contribution in [-0.4, -0.2) is 9.78 Å². The number of nitrogens with one attached hydrogen (secondary N) is 1. The van der Waals surface area contributed by atoms with Crippen LogP contribution in [0.2, 0.25) is 10.0 Å². The van der Waals surface area contributed by atoms with Crippen molar-refractivity contribution in [3.05, 3.63) is 55.4 Å². The average Bonchev–Trinajstić information content (AvgIpc) is 2.67. The van der Waals surface area contributed by atoms with Crippen LogP contribution >= 0.6 is 23.2 Å². The minimum absolute atomic E-state index is 0.0265. The molecule has 1 aromatic heterocycles. The molecule has 0 saturated carbocycles. The summed E-state index contributed by atoms with van der Waals surface area (Å²) in [5.41, 5.74) is 2.71. The first-order chi connectivity index (χ1) is 8.95. The first-order valence-corrected chi connectivity index (χ1v) is 6.96. The molecule has 0 fully saturated rings. The van der Waals surface area contributed by atoms with E-state index in [4.69, 9.17) is 23.2 Å². The molecule has 0 aliphatic heterocycles. The zero-order valence-corrected chi connectivity index (χ0v) is 12.6. The Morgan fingerprint density at radius 2 is 2.00 bits per heavy atom. The molecule has 5 heteroatoms. The van der Waals surface area contributed by atoms with E-state index in [1.165, 1.54) is 0 Å². The van der Waals surface area contributed by atoms with E-state index in [1.807, 2.05) is 26.8 Å². The summed E-state index contributed by atoms with van der Waals surface area (Å²) in [6.07, 6.45) is 0.724. The van der Waals surface area contributed by atoms with Crippen molar-refractivity contribution >= 4 is 23.2 Å². The normalized spacial score (nSPS) is 12.7. The minimum atomic E-state index is -0.110. The third-order valence-electron chi connectivity index (χ3n) is 3.38. The van der Waals surface area contributed by atoms with E-state index < -0.39 is 0 Å². The van der Waals surface area contributed by atoms with Crippen LogP contribution < -0.4 is 5.56 Å². The first-order valence-electron chi connectivity index (χ1n) is 6.20. The van der Waals surface area contributed by atoms with Crippen LogP contribution in [-0.2, 0) is 6.42 Å². The molecule has 0 aliphatic carbocycles. The molecular formula is C14H16Cl2N2O. The van der Waals surface area contributed by atoms with Gasteiger partial charge in [-0.25, -0.2) is 4.68 Å². The van der Waals surface area contributed by atoms with Crippen LogP contribution in [0.15, 0.2) is 23.0 Å². The quantitative estimate of drug-likeness (QED) is 0.915. The molecule has 0 amide bonds. The van der Waals surface area contributed by atoms with Gasteiger partial charge in [-0.3, -0.25) is 9.89 Å². The van der Waals surface area contributed by atoms with Crippen LogP contribution in [0.1, 0.15) is 36.7 Å². The number of hydrogen-bond donors (Lipinski definition) is 1. The minimum Gasteiger partial charge on any atom is -0.299 e. The molecule has 1 aromatic carbocycles. The summed E-state index contributed by atoms with van der Waals surface area (Å²) >= 11 is 11.9. The van der Waals surface area contributed by atoms with Gasteiger partial charge in [0.05, 0.1) is 16.1 Å². The second kappa shape index (κ2) is 5.43. The van der Waals surface area contributed by atoms with Crippen molar-refractivity contribution in [3.63, 3.8) is 0 Å². The number of halogens is 2. The van der Waals surface area contributed by atoms with E-state index in [1.54, 1.807) is 16.8 Å². The molecule has 1 N–H and O–H groups in total. The second-order valence-corrected chi connectivity index (χ2v) is 5.41. The molecule has 0 bridgehead atoms. The molecule has 102 valence electrons. The van der Waals surface area contributed by atoms with E-state index in [-0.39, 0.29) is 11.6 Å². The highest BCUT2D eigenvalue weighted by atomic mass is 35.5. The topological polar surface area (TPSA) is 37.8 Å². The van der Waals surface area contributed by atoms with Gasteiger partial charge in [0.15, 0.2) is 0 Å². The molecule has 1 heterocycles. The summed E-state index contributed by atoms with van der Waals surface area (Å²) < 4.78 is 1.63. The summed E-state index contributed by atoms with van der Waals surface area (Å²) in [6.45, 7) is 5.85. The van der Waals surface area contributed by atoms with Crippen molar-refractivity contribution in [2.45, 2.75) is 33.2 Å². The fraction of sp³-hybridized carbons (Fsp3) is 0.357. The fourth-order valence-corrected chi connectivity index (χ4v) is 2.52. The number of aromatic amines is 1. The third kappa shape index (κ3) is 2.58. The lowest BCUT2D eigenvalue weighted by Crippen LogP contribution is -2.23. The zero-order chi connectivity index (χ0) is 14.2. The Morgan fingerprint density at radius 3 is 2.53 bits per heavy atom. The number of rotatable bonds is 3. The van der Waals surface area contributed by atoms with Gasteiger partial charge in [-0.15, -0.1) is 0 Å². The Kier molecular flexibility index (Phi) is 4.07. The lowest BCUT2D eigenvalue weighted by molar-refractivity contribution is 0.543. The first kappa shape index (κ1) is 14.2. The molecule has 0 spiro atoms. The van der Waals surface area contributed by atoms with Crippen LogP contribution in [0.3, 0.4) is 0 Å². The predicted molar refractivity (Wildman–Crippen MR) is 79.4 cm³/mol. The van der Waals surface area contributed by atoms with Gasteiger partial charge in [-0.1, -0.05) is 36.2 Å². The Balaban J connectivity index is 2.47. The number of nitrogens with zero attached hydrogens (tertiary/aromatic N) is 1. The largest absolute Gasteiger partial charge is 0.299 e. The molecule has 3 nitrogen and oxygen atoms in total. The van der Waals surface area contributed by atoms with Crippen LogP contribution in [0.4, 0.5) is 0 Å². The summed E-state index contributed by atoms with van der Waals surface area (Å²) in [4.78, 5) is 12.3. The molecule has 1 atom stereocenters. The van der Waals surface area contributed by atoms with Crippen LogP contribution in [0, 0.1) is 6.92 Å². The van der Waals surface area contributed by atoms with Gasteiger partial charge >= 0.3 is 0 Å². The van der Waals surface area contributed by atoms with Crippen molar-refractivity contribution in [1.29, 1.82) is 0 Å². The van der Waals surface area contributed by atoms with Gasteiger partial charge in [0.25, 0.3) is 5.56 Å². The van der Waals surface area contributed by atoms with E-state index >= 15 is 0 Å². The predicted octanol–water partition coefficient (Wildman–Crippen LogP) is 3.96. The fourth-order valence-electron chi connectivity index (χ4n) is 2.22.